The molecule has 2 N–H and O–H groups in total. The van der Waals surface area contributed by atoms with E-state index < -0.39 is 0 Å². The molecule has 1 atom stereocenters. The van der Waals surface area contributed by atoms with Crippen molar-refractivity contribution in [1.29, 1.82) is 0 Å². The molecule has 0 fully saturated rings. The number of aromatic nitrogens is 1. The van der Waals surface area contributed by atoms with Crippen LogP contribution in [0.4, 0.5) is 5.69 Å². The minimum atomic E-state index is -0.225. The Kier molecular flexibility index (Phi) is 2.72. The molecule has 4 heteroatoms. The molecule has 3 rings (SSSR count). The number of pyridine rings is 1. The number of rotatable bonds is 3. The number of nitrogens with zero attached hydrogens (tertiary/aromatic N) is 1. The Labute approximate surface area is 105 Å². The van der Waals surface area contributed by atoms with Gasteiger partial charge in [0.2, 0.25) is 5.91 Å². The molecule has 2 aromatic rings. The minimum Gasteiger partial charge on any atom is -0.324 e. The molecular formula is C14H15N3O. The van der Waals surface area contributed by atoms with E-state index in [9.17, 15) is 4.79 Å². The van der Waals surface area contributed by atoms with Gasteiger partial charge < -0.3 is 10.6 Å². The molecule has 0 spiro atoms. The molecule has 4 nitrogen and oxygen atoms in total. The van der Waals surface area contributed by atoms with Gasteiger partial charge in [-0.25, -0.2) is 0 Å². The van der Waals surface area contributed by atoms with Crippen LogP contribution in [-0.4, -0.2) is 17.4 Å². The maximum Gasteiger partial charge on any atom is 0.246 e. The van der Waals surface area contributed by atoms with Gasteiger partial charge in [0, 0.05) is 28.7 Å². The summed E-state index contributed by atoms with van der Waals surface area (Å²) in [5.74, 6) is 0.0303. The van der Waals surface area contributed by atoms with Crippen LogP contribution in [0.2, 0.25) is 0 Å². The zero-order valence-corrected chi connectivity index (χ0v) is 10.2. The standard InChI is InChI=1S/C14H15N3O/c1-2-6-16-13-11-4-3-9-8-15-7-5-10(9)12(11)17-14(13)18/h3-5,7-8,13,16H,2,6H2,1H3,(H,17,18). The quantitative estimate of drug-likeness (QED) is 0.866. The van der Waals surface area contributed by atoms with Crippen molar-refractivity contribution in [2.24, 2.45) is 0 Å². The second kappa shape index (κ2) is 4.38. The number of carbonyl (C=O) groups is 1. The normalized spacial score (nSPS) is 17.8. The number of carbonyl (C=O) groups excluding carboxylic acids is 1. The molecule has 1 aliphatic rings. The van der Waals surface area contributed by atoms with E-state index in [4.69, 9.17) is 0 Å². The number of amides is 1. The zero-order valence-electron chi connectivity index (χ0n) is 10.2. The van der Waals surface area contributed by atoms with Crippen molar-refractivity contribution in [2.75, 3.05) is 11.9 Å². The fraction of sp³-hybridized carbons (Fsp3) is 0.286. The Hall–Kier alpha value is -1.94. The van der Waals surface area contributed by atoms with E-state index in [1.165, 1.54) is 0 Å². The molecule has 18 heavy (non-hydrogen) atoms. The van der Waals surface area contributed by atoms with Gasteiger partial charge in [-0.2, -0.15) is 0 Å². The predicted octanol–water partition coefficient (Wildman–Crippen LogP) is 2.23. The Balaban J connectivity index is 2.09. The summed E-state index contributed by atoms with van der Waals surface area (Å²) >= 11 is 0. The van der Waals surface area contributed by atoms with Gasteiger partial charge in [0.15, 0.2) is 0 Å². The molecule has 2 heterocycles. The Bertz CT molecular complexity index is 609. The molecule has 1 aliphatic heterocycles. The van der Waals surface area contributed by atoms with Crippen LogP contribution in [0.5, 0.6) is 0 Å². The lowest BCUT2D eigenvalue weighted by atomic mass is 10.0. The highest BCUT2D eigenvalue weighted by Gasteiger charge is 2.30. The summed E-state index contributed by atoms with van der Waals surface area (Å²) in [6.45, 7) is 2.93. The van der Waals surface area contributed by atoms with Crippen LogP contribution in [0, 0.1) is 0 Å². The molecule has 0 saturated carbocycles. The van der Waals surface area contributed by atoms with Crippen LogP contribution in [0.1, 0.15) is 24.9 Å². The second-order valence-electron chi connectivity index (χ2n) is 4.50. The lowest BCUT2D eigenvalue weighted by Crippen LogP contribution is -2.27. The molecule has 0 radical (unpaired) electrons. The van der Waals surface area contributed by atoms with Gasteiger partial charge in [-0.15, -0.1) is 0 Å². The number of nitrogens with one attached hydrogen (secondary N) is 2. The number of hydrogen-bond donors (Lipinski definition) is 2. The summed E-state index contributed by atoms with van der Waals surface area (Å²) in [4.78, 5) is 16.1. The topological polar surface area (TPSA) is 54.0 Å². The van der Waals surface area contributed by atoms with E-state index in [0.717, 1.165) is 35.0 Å². The van der Waals surface area contributed by atoms with Gasteiger partial charge in [0.05, 0.1) is 5.69 Å². The van der Waals surface area contributed by atoms with Gasteiger partial charge in [-0.3, -0.25) is 9.78 Å². The van der Waals surface area contributed by atoms with Crippen molar-refractivity contribution >= 4 is 22.4 Å². The predicted molar refractivity (Wildman–Crippen MR) is 71.4 cm³/mol. The van der Waals surface area contributed by atoms with Gasteiger partial charge in [0.25, 0.3) is 0 Å². The fourth-order valence-corrected chi connectivity index (χ4v) is 2.39. The van der Waals surface area contributed by atoms with E-state index in [-0.39, 0.29) is 11.9 Å². The molecule has 92 valence electrons. The molecule has 0 saturated heterocycles. The van der Waals surface area contributed by atoms with Gasteiger partial charge in [-0.1, -0.05) is 19.1 Å². The Morgan fingerprint density at radius 3 is 3.11 bits per heavy atom. The van der Waals surface area contributed by atoms with Gasteiger partial charge >= 0.3 is 0 Å². The van der Waals surface area contributed by atoms with E-state index in [1.54, 1.807) is 6.20 Å². The third kappa shape index (κ3) is 1.66. The zero-order chi connectivity index (χ0) is 12.5. The lowest BCUT2D eigenvalue weighted by molar-refractivity contribution is -0.117. The van der Waals surface area contributed by atoms with Crippen molar-refractivity contribution in [2.45, 2.75) is 19.4 Å². The van der Waals surface area contributed by atoms with Crippen molar-refractivity contribution in [3.63, 3.8) is 0 Å². The SMILES string of the molecule is CCCNC1C(=O)Nc2c1ccc1cnccc21. The summed E-state index contributed by atoms with van der Waals surface area (Å²) in [5.41, 5.74) is 1.96. The van der Waals surface area contributed by atoms with Crippen molar-refractivity contribution in [3.8, 4) is 0 Å². The Morgan fingerprint density at radius 1 is 1.39 bits per heavy atom. The summed E-state index contributed by atoms with van der Waals surface area (Å²) < 4.78 is 0. The highest BCUT2D eigenvalue weighted by molar-refractivity contribution is 6.11. The van der Waals surface area contributed by atoms with Crippen LogP contribution in [-0.2, 0) is 4.79 Å². The smallest absolute Gasteiger partial charge is 0.246 e. The molecule has 0 aliphatic carbocycles. The summed E-state index contributed by atoms with van der Waals surface area (Å²) in [6, 6.07) is 5.74. The number of hydrogen-bond acceptors (Lipinski definition) is 3. The van der Waals surface area contributed by atoms with E-state index in [1.807, 2.05) is 24.4 Å². The molecular weight excluding hydrogens is 226 g/mol. The first-order chi connectivity index (χ1) is 8.81. The number of fused-ring (bicyclic) bond motifs is 3. The van der Waals surface area contributed by atoms with E-state index in [0.29, 0.717) is 0 Å². The first-order valence-electron chi connectivity index (χ1n) is 6.22. The largest absolute Gasteiger partial charge is 0.324 e. The van der Waals surface area contributed by atoms with Crippen LogP contribution < -0.4 is 10.6 Å². The van der Waals surface area contributed by atoms with Crippen LogP contribution in [0.15, 0.2) is 30.6 Å². The minimum absolute atomic E-state index is 0.0303. The average molecular weight is 241 g/mol. The monoisotopic (exact) mass is 241 g/mol. The van der Waals surface area contributed by atoms with Gasteiger partial charge in [0.1, 0.15) is 6.04 Å². The first-order valence-corrected chi connectivity index (χ1v) is 6.22. The van der Waals surface area contributed by atoms with Crippen LogP contribution in [0.3, 0.4) is 0 Å². The fourth-order valence-electron chi connectivity index (χ4n) is 2.39. The number of benzene rings is 1. The molecule has 1 amide bonds. The lowest BCUT2D eigenvalue weighted by Gasteiger charge is -2.10. The molecule has 1 unspecified atom stereocenters. The Morgan fingerprint density at radius 2 is 2.28 bits per heavy atom. The van der Waals surface area contributed by atoms with E-state index in [2.05, 4.69) is 22.5 Å². The van der Waals surface area contributed by atoms with Crippen LogP contribution in [0.25, 0.3) is 10.8 Å². The number of anilines is 1. The summed E-state index contributed by atoms with van der Waals surface area (Å²) in [6.07, 6.45) is 4.58. The van der Waals surface area contributed by atoms with Crippen LogP contribution >= 0.6 is 0 Å². The second-order valence-corrected chi connectivity index (χ2v) is 4.50. The van der Waals surface area contributed by atoms with Crippen molar-refractivity contribution < 1.29 is 4.79 Å². The van der Waals surface area contributed by atoms with Gasteiger partial charge in [-0.05, 0) is 19.0 Å². The third-order valence-corrected chi connectivity index (χ3v) is 3.27. The van der Waals surface area contributed by atoms with Crippen molar-refractivity contribution in [1.82, 2.24) is 10.3 Å². The highest BCUT2D eigenvalue weighted by atomic mass is 16.2. The highest BCUT2D eigenvalue weighted by Crippen LogP contribution is 2.36. The maximum absolute atomic E-state index is 12.0. The molecule has 1 aromatic carbocycles. The summed E-state index contributed by atoms with van der Waals surface area (Å²) in [7, 11) is 0. The first kappa shape index (κ1) is 11.2. The van der Waals surface area contributed by atoms with Crippen molar-refractivity contribution in [3.05, 3.63) is 36.2 Å². The average Bonchev–Trinajstić information content (AvgIpc) is 2.72. The maximum atomic E-state index is 12.0. The summed E-state index contributed by atoms with van der Waals surface area (Å²) in [5, 5.41) is 8.35. The van der Waals surface area contributed by atoms with E-state index >= 15 is 0 Å². The molecule has 0 bridgehead atoms. The third-order valence-electron chi connectivity index (χ3n) is 3.27. The molecule has 1 aromatic heterocycles.